The summed E-state index contributed by atoms with van der Waals surface area (Å²) in [6.07, 6.45) is 1.23. The molecular formula is C12H8N4O5S. The van der Waals surface area contributed by atoms with Crippen molar-refractivity contribution in [3.05, 3.63) is 67.1 Å². The lowest BCUT2D eigenvalue weighted by atomic mass is 10.2. The number of benzene rings is 1. The Morgan fingerprint density at radius 1 is 1.14 bits per heavy atom. The number of carbonyl (C=O) groups excluding carboxylic acids is 1. The molecule has 0 atom stereocenters. The fourth-order valence-corrected chi connectivity index (χ4v) is 2.24. The first kappa shape index (κ1) is 15.3. The van der Waals surface area contributed by atoms with Crippen molar-refractivity contribution in [2.45, 2.75) is 0 Å². The molecule has 112 valence electrons. The molecule has 0 unspecified atom stereocenters. The number of hydrogen-bond donors (Lipinski definition) is 1. The number of amides is 1. The van der Waals surface area contributed by atoms with Gasteiger partial charge in [-0.2, -0.15) is 5.10 Å². The van der Waals surface area contributed by atoms with Gasteiger partial charge in [0.1, 0.15) is 5.56 Å². The van der Waals surface area contributed by atoms with E-state index in [0.717, 1.165) is 11.3 Å². The van der Waals surface area contributed by atoms with Crippen LogP contribution in [0.4, 0.5) is 10.7 Å². The Morgan fingerprint density at radius 3 is 2.50 bits per heavy atom. The third-order valence-electron chi connectivity index (χ3n) is 2.50. The van der Waals surface area contributed by atoms with Gasteiger partial charge in [0.05, 0.1) is 20.9 Å². The number of para-hydroxylation sites is 1. The Kier molecular flexibility index (Phi) is 4.53. The third-order valence-corrected chi connectivity index (χ3v) is 3.47. The van der Waals surface area contributed by atoms with Gasteiger partial charge < -0.3 is 0 Å². The minimum atomic E-state index is -0.741. The number of rotatable bonds is 5. The van der Waals surface area contributed by atoms with E-state index in [4.69, 9.17) is 0 Å². The van der Waals surface area contributed by atoms with Gasteiger partial charge in [-0.3, -0.25) is 25.0 Å². The van der Waals surface area contributed by atoms with Crippen molar-refractivity contribution in [1.82, 2.24) is 5.43 Å². The third kappa shape index (κ3) is 3.49. The molecule has 0 aliphatic carbocycles. The highest BCUT2D eigenvalue weighted by molar-refractivity contribution is 7.16. The fourth-order valence-electron chi connectivity index (χ4n) is 1.55. The van der Waals surface area contributed by atoms with Gasteiger partial charge in [0.2, 0.25) is 0 Å². The van der Waals surface area contributed by atoms with Gasteiger partial charge in [0.15, 0.2) is 0 Å². The Bertz CT molecular complexity index is 770. The molecule has 0 aliphatic heterocycles. The molecule has 9 nitrogen and oxygen atoms in total. The number of carbonyl (C=O) groups is 1. The second-order valence-electron chi connectivity index (χ2n) is 3.91. The highest BCUT2D eigenvalue weighted by atomic mass is 32.1. The zero-order valence-corrected chi connectivity index (χ0v) is 11.6. The van der Waals surface area contributed by atoms with Crippen LogP contribution in [0.5, 0.6) is 0 Å². The SMILES string of the molecule is O=C(NN=Cc1ccc([N+](=O)[O-])s1)c1ccccc1[N+](=O)[O-]. The van der Waals surface area contributed by atoms with Gasteiger partial charge in [-0.1, -0.05) is 23.5 Å². The highest BCUT2D eigenvalue weighted by Gasteiger charge is 2.18. The highest BCUT2D eigenvalue weighted by Crippen LogP contribution is 2.22. The van der Waals surface area contributed by atoms with Gasteiger partial charge in [-0.25, -0.2) is 5.43 Å². The van der Waals surface area contributed by atoms with Gasteiger partial charge in [-0.15, -0.1) is 0 Å². The summed E-state index contributed by atoms with van der Waals surface area (Å²) >= 11 is 0.889. The maximum absolute atomic E-state index is 11.8. The molecule has 10 heteroatoms. The molecule has 0 aliphatic rings. The van der Waals surface area contributed by atoms with Crippen LogP contribution in [-0.4, -0.2) is 22.0 Å². The Morgan fingerprint density at radius 2 is 1.86 bits per heavy atom. The van der Waals surface area contributed by atoms with Crippen LogP contribution in [0.2, 0.25) is 0 Å². The largest absolute Gasteiger partial charge is 0.324 e. The summed E-state index contributed by atoms with van der Waals surface area (Å²) in [4.78, 5) is 32.4. The predicted molar refractivity (Wildman–Crippen MR) is 79.1 cm³/mol. The molecule has 0 saturated carbocycles. The summed E-state index contributed by atoms with van der Waals surface area (Å²) < 4.78 is 0. The van der Waals surface area contributed by atoms with Gasteiger partial charge in [0, 0.05) is 12.1 Å². The number of nitro benzene ring substituents is 1. The molecule has 0 saturated heterocycles. The summed E-state index contributed by atoms with van der Waals surface area (Å²) in [5.74, 6) is -0.741. The average molecular weight is 320 g/mol. The molecular weight excluding hydrogens is 312 g/mol. The van der Waals surface area contributed by atoms with Crippen molar-refractivity contribution in [2.75, 3.05) is 0 Å². The molecule has 1 aromatic carbocycles. The second kappa shape index (κ2) is 6.54. The molecule has 2 aromatic rings. The van der Waals surface area contributed by atoms with Crippen LogP contribution >= 0.6 is 11.3 Å². The first-order valence-corrected chi connectivity index (χ1v) is 6.61. The van der Waals surface area contributed by atoms with E-state index in [2.05, 4.69) is 10.5 Å². The van der Waals surface area contributed by atoms with Gasteiger partial charge >= 0.3 is 5.00 Å². The minimum absolute atomic E-state index is 0.0496. The van der Waals surface area contributed by atoms with Crippen LogP contribution < -0.4 is 5.43 Å². The van der Waals surface area contributed by atoms with Crippen molar-refractivity contribution in [3.8, 4) is 0 Å². The van der Waals surface area contributed by atoms with Crippen LogP contribution in [0.15, 0.2) is 41.5 Å². The molecule has 0 spiro atoms. The second-order valence-corrected chi connectivity index (χ2v) is 5.00. The van der Waals surface area contributed by atoms with E-state index in [-0.39, 0.29) is 16.3 Å². The Labute approximate surface area is 127 Å². The molecule has 0 radical (unpaired) electrons. The molecule has 0 bridgehead atoms. The van der Waals surface area contributed by atoms with Crippen LogP contribution in [-0.2, 0) is 0 Å². The molecule has 0 fully saturated rings. The number of nitrogens with one attached hydrogen (secondary N) is 1. The summed E-state index contributed by atoms with van der Waals surface area (Å²) in [5, 5.41) is 24.9. The number of nitro groups is 2. The van der Waals surface area contributed by atoms with E-state index in [1.54, 1.807) is 0 Å². The monoisotopic (exact) mass is 320 g/mol. The quantitative estimate of drug-likeness (QED) is 0.513. The van der Waals surface area contributed by atoms with Crippen LogP contribution in [0.3, 0.4) is 0 Å². The summed E-state index contributed by atoms with van der Waals surface area (Å²) in [6.45, 7) is 0. The number of hydrazone groups is 1. The topological polar surface area (TPSA) is 128 Å². The van der Waals surface area contributed by atoms with Crippen molar-refractivity contribution >= 4 is 34.1 Å². The summed E-state index contributed by atoms with van der Waals surface area (Å²) in [6, 6.07) is 8.25. The van der Waals surface area contributed by atoms with Crippen LogP contribution in [0, 0.1) is 20.2 Å². The van der Waals surface area contributed by atoms with Crippen molar-refractivity contribution in [1.29, 1.82) is 0 Å². The van der Waals surface area contributed by atoms with Crippen molar-refractivity contribution in [3.63, 3.8) is 0 Å². The Hall–Kier alpha value is -3.14. The fraction of sp³-hybridized carbons (Fsp3) is 0. The summed E-state index contributed by atoms with van der Waals surface area (Å²) in [7, 11) is 0. The van der Waals surface area contributed by atoms with Crippen molar-refractivity contribution in [2.24, 2.45) is 5.10 Å². The first-order chi connectivity index (χ1) is 10.5. The predicted octanol–water partition coefficient (Wildman–Crippen LogP) is 2.33. The lowest BCUT2D eigenvalue weighted by Gasteiger charge is -2.00. The van der Waals surface area contributed by atoms with Gasteiger partial charge in [-0.05, 0) is 12.1 Å². The average Bonchev–Trinajstić information content (AvgIpc) is 2.96. The Balaban J connectivity index is 2.08. The van der Waals surface area contributed by atoms with E-state index in [1.165, 1.54) is 42.6 Å². The van der Waals surface area contributed by atoms with Crippen LogP contribution in [0.1, 0.15) is 15.2 Å². The number of hydrogen-bond acceptors (Lipinski definition) is 7. The van der Waals surface area contributed by atoms with E-state index >= 15 is 0 Å². The maximum atomic E-state index is 11.8. The van der Waals surface area contributed by atoms with Crippen LogP contribution in [0.25, 0.3) is 0 Å². The maximum Gasteiger partial charge on any atom is 0.324 e. The molecule has 1 aromatic heterocycles. The molecule has 22 heavy (non-hydrogen) atoms. The number of nitrogens with zero attached hydrogens (tertiary/aromatic N) is 3. The standard InChI is InChI=1S/C12H8N4O5S/c17-12(9-3-1-2-4-10(9)15(18)19)14-13-7-8-5-6-11(22-8)16(20)21/h1-7H,(H,14,17). The normalized spacial score (nSPS) is 10.5. The number of thiophene rings is 1. The van der Waals surface area contributed by atoms with E-state index in [1.807, 2.05) is 0 Å². The lowest BCUT2D eigenvalue weighted by molar-refractivity contribution is -0.385. The summed E-state index contributed by atoms with van der Waals surface area (Å²) in [5.41, 5.74) is 1.69. The van der Waals surface area contributed by atoms with E-state index in [9.17, 15) is 25.0 Å². The lowest BCUT2D eigenvalue weighted by Crippen LogP contribution is -2.18. The molecule has 1 N–H and O–H groups in total. The smallest absolute Gasteiger partial charge is 0.267 e. The van der Waals surface area contributed by atoms with Crippen molar-refractivity contribution < 1.29 is 14.6 Å². The van der Waals surface area contributed by atoms with E-state index < -0.39 is 15.8 Å². The minimum Gasteiger partial charge on any atom is -0.267 e. The first-order valence-electron chi connectivity index (χ1n) is 5.80. The zero-order chi connectivity index (χ0) is 16.1. The van der Waals surface area contributed by atoms with E-state index in [0.29, 0.717) is 4.88 Å². The zero-order valence-electron chi connectivity index (χ0n) is 10.8. The molecule has 1 heterocycles. The van der Waals surface area contributed by atoms with Gasteiger partial charge in [0.25, 0.3) is 11.6 Å². The molecule has 2 rings (SSSR count). The molecule has 1 amide bonds.